The second-order valence-electron chi connectivity index (χ2n) is 7.59. The van der Waals surface area contributed by atoms with Crippen molar-refractivity contribution in [1.29, 1.82) is 0 Å². The van der Waals surface area contributed by atoms with Gasteiger partial charge in [0.25, 0.3) is 9.84 Å². The average Bonchev–Trinajstić information content (AvgIpc) is 2.33. The van der Waals surface area contributed by atoms with E-state index in [0.29, 0.717) is 12.8 Å². The van der Waals surface area contributed by atoms with Crippen molar-refractivity contribution in [3.8, 4) is 0 Å². The molecule has 0 unspecified atom stereocenters. The summed E-state index contributed by atoms with van der Waals surface area (Å²) >= 11 is 0. The molecule has 0 spiro atoms. The van der Waals surface area contributed by atoms with Crippen molar-refractivity contribution in [2.24, 2.45) is 0 Å². The van der Waals surface area contributed by atoms with Crippen molar-refractivity contribution in [2.45, 2.75) is 68.1 Å². The van der Waals surface area contributed by atoms with Gasteiger partial charge in [-0.3, -0.25) is 0 Å². The fourth-order valence-corrected chi connectivity index (χ4v) is 4.51. The van der Waals surface area contributed by atoms with Crippen LogP contribution < -0.4 is 10.6 Å². The topological polar surface area (TPSA) is 58.2 Å². The first kappa shape index (κ1) is 19.1. The molecule has 0 radical (unpaired) electrons. The Kier molecular flexibility index (Phi) is 4.69. The van der Waals surface area contributed by atoms with E-state index >= 15 is 0 Å². The maximum atomic E-state index is 12.9. The van der Waals surface area contributed by atoms with E-state index in [0.717, 1.165) is 6.07 Å². The van der Waals surface area contributed by atoms with Crippen LogP contribution in [0.25, 0.3) is 0 Å². The smallest absolute Gasteiger partial charge is 0.381 e. The van der Waals surface area contributed by atoms with E-state index in [-0.39, 0.29) is 22.8 Å². The second kappa shape index (κ2) is 5.91. The zero-order valence-corrected chi connectivity index (χ0v) is 15.0. The Balaban J connectivity index is 2.35. The molecular weight excluding hydrogens is 341 g/mol. The second-order valence-corrected chi connectivity index (χ2v) is 9.50. The number of benzene rings is 1. The van der Waals surface area contributed by atoms with E-state index < -0.39 is 20.2 Å². The van der Waals surface area contributed by atoms with Crippen LogP contribution in [-0.4, -0.2) is 31.0 Å². The maximum Gasteiger partial charge on any atom is 0.501 e. The number of hydrogen-bond donors (Lipinski definition) is 2. The number of hydrogen-bond acceptors (Lipinski definition) is 4. The van der Waals surface area contributed by atoms with Crippen LogP contribution in [-0.2, 0) is 9.84 Å². The number of para-hydroxylation sites is 1. The van der Waals surface area contributed by atoms with Crippen LogP contribution in [0.4, 0.5) is 18.9 Å². The zero-order chi connectivity index (χ0) is 18.4. The highest BCUT2D eigenvalue weighted by molar-refractivity contribution is 7.92. The summed E-state index contributed by atoms with van der Waals surface area (Å²) in [5.74, 6) is 0. The highest BCUT2D eigenvalue weighted by atomic mass is 32.2. The predicted octanol–water partition coefficient (Wildman–Crippen LogP) is 3.70. The van der Waals surface area contributed by atoms with Crippen LogP contribution >= 0.6 is 0 Å². The molecule has 0 aliphatic carbocycles. The van der Waals surface area contributed by atoms with E-state index in [1.165, 1.54) is 18.2 Å². The van der Waals surface area contributed by atoms with Gasteiger partial charge in [-0.05, 0) is 52.7 Å². The number of halogens is 3. The van der Waals surface area contributed by atoms with E-state index in [1.54, 1.807) is 0 Å². The Morgan fingerprint density at radius 2 is 1.58 bits per heavy atom. The van der Waals surface area contributed by atoms with Crippen LogP contribution in [0.2, 0.25) is 0 Å². The number of anilines is 1. The molecule has 2 N–H and O–H groups in total. The fraction of sp³-hybridized carbons (Fsp3) is 0.625. The number of nitrogens with one attached hydrogen (secondary N) is 2. The molecule has 0 atom stereocenters. The van der Waals surface area contributed by atoms with Gasteiger partial charge >= 0.3 is 5.51 Å². The van der Waals surface area contributed by atoms with Gasteiger partial charge in [0.1, 0.15) is 0 Å². The molecule has 1 saturated heterocycles. The van der Waals surface area contributed by atoms with Crippen LogP contribution in [0.15, 0.2) is 29.2 Å². The average molecular weight is 364 g/mol. The molecule has 1 fully saturated rings. The third-order valence-electron chi connectivity index (χ3n) is 4.03. The van der Waals surface area contributed by atoms with Gasteiger partial charge < -0.3 is 10.6 Å². The predicted molar refractivity (Wildman–Crippen MR) is 87.6 cm³/mol. The SMILES string of the molecule is CC1(C)CC(Nc2ccccc2S(=O)(=O)C(F)(F)F)CC(C)(C)N1. The minimum absolute atomic E-state index is 0.00618. The van der Waals surface area contributed by atoms with Gasteiger partial charge in [-0.25, -0.2) is 8.42 Å². The molecule has 4 nitrogen and oxygen atoms in total. The lowest BCUT2D eigenvalue weighted by Gasteiger charge is -2.47. The third kappa shape index (κ3) is 4.03. The maximum absolute atomic E-state index is 12.9. The van der Waals surface area contributed by atoms with E-state index in [1.807, 2.05) is 27.7 Å². The highest BCUT2D eigenvalue weighted by Crippen LogP contribution is 2.36. The minimum atomic E-state index is -5.39. The molecule has 1 heterocycles. The molecular formula is C16H23F3N2O2S. The van der Waals surface area contributed by atoms with Crippen molar-refractivity contribution in [3.05, 3.63) is 24.3 Å². The third-order valence-corrected chi connectivity index (χ3v) is 5.58. The molecule has 0 aromatic heterocycles. The van der Waals surface area contributed by atoms with E-state index in [2.05, 4.69) is 10.6 Å². The molecule has 1 aliphatic rings. The number of sulfone groups is 1. The van der Waals surface area contributed by atoms with Gasteiger partial charge in [-0.1, -0.05) is 12.1 Å². The Labute approximate surface area is 140 Å². The quantitative estimate of drug-likeness (QED) is 0.859. The standard InChI is InChI=1S/C16H23F3N2O2S/c1-14(2)9-11(10-15(3,4)21-14)20-12-7-5-6-8-13(12)24(22,23)16(17,18)19/h5-8,11,20-21H,9-10H2,1-4H3. The first-order valence-electron chi connectivity index (χ1n) is 7.70. The summed E-state index contributed by atoms with van der Waals surface area (Å²) in [4.78, 5) is -0.730. The largest absolute Gasteiger partial charge is 0.501 e. The van der Waals surface area contributed by atoms with Gasteiger partial charge in [0.2, 0.25) is 0 Å². The lowest BCUT2D eigenvalue weighted by atomic mass is 9.79. The van der Waals surface area contributed by atoms with Crippen molar-refractivity contribution < 1.29 is 21.6 Å². The molecule has 2 rings (SSSR count). The van der Waals surface area contributed by atoms with Crippen LogP contribution in [0.3, 0.4) is 0 Å². The first-order valence-corrected chi connectivity index (χ1v) is 9.18. The normalized spacial score (nSPS) is 21.5. The Hall–Kier alpha value is -1.28. The zero-order valence-electron chi connectivity index (χ0n) is 14.2. The first-order chi connectivity index (χ1) is 10.7. The summed E-state index contributed by atoms with van der Waals surface area (Å²) in [5, 5.41) is 6.50. The van der Waals surface area contributed by atoms with Gasteiger partial charge in [0.05, 0.1) is 10.6 Å². The molecule has 1 aliphatic heterocycles. The van der Waals surface area contributed by atoms with Gasteiger partial charge in [-0.2, -0.15) is 13.2 Å². The lowest BCUT2D eigenvalue weighted by molar-refractivity contribution is -0.0435. The van der Waals surface area contributed by atoms with Crippen molar-refractivity contribution >= 4 is 15.5 Å². The molecule has 0 bridgehead atoms. The van der Waals surface area contributed by atoms with Gasteiger partial charge in [-0.15, -0.1) is 0 Å². The van der Waals surface area contributed by atoms with Crippen molar-refractivity contribution in [2.75, 3.05) is 5.32 Å². The summed E-state index contributed by atoms with van der Waals surface area (Å²) in [6.07, 6.45) is 1.33. The molecule has 24 heavy (non-hydrogen) atoms. The highest BCUT2D eigenvalue weighted by Gasteiger charge is 2.48. The Morgan fingerprint density at radius 3 is 2.08 bits per heavy atom. The number of rotatable bonds is 3. The molecule has 136 valence electrons. The molecule has 1 aromatic rings. The Morgan fingerprint density at radius 1 is 1.08 bits per heavy atom. The van der Waals surface area contributed by atoms with Crippen LogP contribution in [0.5, 0.6) is 0 Å². The van der Waals surface area contributed by atoms with E-state index in [4.69, 9.17) is 0 Å². The number of piperidine rings is 1. The van der Waals surface area contributed by atoms with E-state index in [9.17, 15) is 21.6 Å². The van der Waals surface area contributed by atoms with Crippen molar-refractivity contribution in [1.82, 2.24) is 5.32 Å². The molecule has 0 amide bonds. The van der Waals surface area contributed by atoms with Gasteiger partial charge in [0, 0.05) is 17.1 Å². The lowest BCUT2D eigenvalue weighted by Crippen LogP contribution is -2.60. The molecule has 1 aromatic carbocycles. The summed E-state index contributed by atoms with van der Waals surface area (Å²) < 4.78 is 62.3. The summed E-state index contributed by atoms with van der Waals surface area (Å²) in [5.41, 5.74) is -5.75. The summed E-state index contributed by atoms with van der Waals surface area (Å²) in [6, 6.07) is 5.04. The Bertz CT molecular complexity index is 696. The number of alkyl halides is 3. The van der Waals surface area contributed by atoms with Crippen LogP contribution in [0, 0.1) is 0 Å². The minimum Gasteiger partial charge on any atom is -0.381 e. The van der Waals surface area contributed by atoms with Crippen molar-refractivity contribution in [3.63, 3.8) is 0 Å². The van der Waals surface area contributed by atoms with Gasteiger partial charge in [0.15, 0.2) is 0 Å². The summed E-state index contributed by atoms with van der Waals surface area (Å²) in [7, 11) is -5.39. The van der Waals surface area contributed by atoms with Crippen LogP contribution in [0.1, 0.15) is 40.5 Å². The monoisotopic (exact) mass is 364 g/mol. The summed E-state index contributed by atoms with van der Waals surface area (Å²) in [6.45, 7) is 8.06. The molecule has 0 saturated carbocycles. The molecule has 8 heteroatoms. The fourth-order valence-electron chi connectivity index (χ4n) is 3.59.